The van der Waals surface area contributed by atoms with E-state index in [4.69, 9.17) is 14.5 Å². The number of imidazole rings is 1. The Kier molecular flexibility index (Phi) is 7.69. The average molecular weight is 534 g/mol. The Bertz CT molecular complexity index is 1460. The largest absolute Gasteiger partial charge is 0.444 e. The molecular weight excluding hydrogens is 498 g/mol. The van der Waals surface area contributed by atoms with E-state index in [1.54, 1.807) is 6.07 Å². The van der Waals surface area contributed by atoms with Gasteiger partial charge >= 0.3 is 6.09 Å². The number of unbranched alkanes of at least 4 members (excludes halogenated alkanes) is 1. The lowest BCUT2D eigenvalue weighted by atomic mass is 10.1. The van der Waals surface area contributed by atoms with E-state index in [0.29, 0.717) is 30.2 Å². The third-order valence-electron chi connectivity index (χ3n) is 6.45. The predicted octanol–water partition coefficient (Wildman–Crippen LogP) is 3.98. The number of rotatable bonds is 8. The second-order valence-corrected chi connectivity index (χ2v) is 10.6. The second kappa shape index (κ2) is 11.3. The first-order valence-electron chi connectivity index (χ1n) is 13.3. The van der Waals surface area contributed by atoms with E-state index in [2.05, 4.69) is 42.8 Å². The maximum atomic E-state index is 12.8. The minimum atomic E-state index is -0.523. The molecule has 4 aromatic rings. The minimum absolute atomic E-state index is 0.163. The van der Waals surface area contributed by atoms with E-state index < -0.39 is 11.7 Å². The molecule has 11 heteroatoms. The first-order chi connectivity index (χ1) is 18.8. The highest BCUT2D eigenvalue weighted by molar-refractivity contribution is 6.01. The lowest BCUT2D eigenvalue weighted by Crippen LogP contribution is -2.36. The molecule has 3 heterocycles. The summed E-state index contributed by atoms with van der Waals surface area (Å²) in [7, 11) is 0. The lowest BCUT2D eigenvalue weighted by Gasteiger charge is -2.28. The minimum Gasteiger partial charge on any atom is -0.444 e. The molecule has 0 bridgehead atoms. The molecule has 0 atom stereocenters. The Labute approximate surface area is 226 Å². The van der Waals surface area contributed by atoms with Gasteiger partial charge in [0.2, 0.25) is 0 Å². The number of hydrogen-bond acceptors (Lipinski definition) is 7. The number of amides is 2. The first kappa shape index (κ1) is 26.5. The monoisotopic (exact) mass is 533 g/mol. The average Bonchev–Trinajstić information content (AvgIpc) is 3.53. The molecule has 2 aromatic heterocycles. The van der Waals surface area contributed by atoms with E-state index in [0.717, 1.165) is 66.8 Å². The van der Waals surface area contributed by atoms with E-state index in [-0.39, 0.29) is 5.91 Å². The highest BCUT2D eigenvalue weighted by Crippen LogP contribution is 2.29. The standard InChI is InChI=1S/C28H35N7O4/c1-28(2,3)39-27(37)30-11-5-4-10-29-26(36)18-6-8-21-20(16-18)24(34-33-21)25-31-22-9-7-19(17-23(22)32-25)35-12-14-38-15-13-35/h6-9,16-17H,4-5,10-15H2,1-3H3,(H,29,36)(H,30,37)(H,31,32)(H,33,34). The van der Waals surface area contributed by atoms with Crippen molar-refractivity contribution in [3.8, 4) is 11.5 Å². The number of carbonyl (C=O) groups is 2. The van der Waals surface area contributed by atoms with Crippen molar-refractivity contribution in [3.63, 3.8) is 0 Å². The summed E-state index contributed by atoms with van der Waals surface area (Å²) in [4.78, 5) is 35.0. The molecule has 4 N–H and O–H groups in total. The van der Waals surface area contributed by atoms with Gasteiger partial charge < -0.3 is 30.0 Å². The molecule has 0 radical (unpaired) electrons. The summed E-state index contributed by atoms with van der Waals surface area (Å²) >= 11 is 0. The molecule has 0 saturated carbocycles. The van der Waals surface area contributed by atoms with Crippen LogP contribution in [-0.4, -0.2) is 77.2 Å². The maximum absolute atomic E-state index is 12.8. The molecule has 1 aliphatic rings. The van der Waals surface area contributed by atoms with Gasteiger partial charge in [-0.15, -0.1) is 0 Å². The first-order valence-corrected chi connectivity index (χ1v) is 13.3. The van der Waals surface area contributed by atoms with Gasteiger partial charge in [0.15, 0.2) is 5.82 Å². The number of nitrogens with zero attached hydrogens (tertiary/aromatic N) is 3. The molecule has 0 spiro atoms. The number of fused-ring (bicyclic) bond motifs is 2. The van der Waals surface area contributed by atoms with Crippen molar-refractivity contribution >= 4 is 39.6 Å². The van der Waals surface area contributed by atoms with Gasteiger partial charge in [-0.3, -0.25) is 9.89 Å². The lowest BCUT2D eigenvalue weighted by molar-refractivity contribution is 0.0526. The van der Waals surface area contributed by atoms with Gasteiger partial charge in [-0.05, 0) is 70.0 Å². The van der Waals surface area contributed by atoms with Crippen LogP contribution in [0.1, 0.15) is 44.0 Å². The van der Waals surface area contributed by atoms with Crippen molar-refractivity contribution in [2.45, 2.75) is 39.2 Å². The third-order valence-corrected chi connectivity index (χ3v) is 6.45. The van der Waals surface area contributed by atoms with Gasteiger partial charge in [-0.2, -0.15) is 5.10 Å². The number of aromatic amines is 2. The van der Waals surface area contributed by atoms with E-state index in [9.17, 15) is 9.59 Å². The fourth-order valence-electron chi connectivity index (χ4n) is 4.52. The number of nitrogens with one attached hydrogen (secondary N) is 4. The molecule has 5 rings (SSSR count). The summed E-state index contributed by atoms with van der Waals surface area (Å²) in [5, 5.41) is 14.0. The van der Waals surface area contributed by atoms with Crippen LogP contribution in [0.4, 0.5) is 10.5 Å². The van der Waals surface area contributed by atoms with Crippen molar-refractivity contribution in [1.29, 1.82) is 0 Å². The fourth-order valence-corrected chi connectivity index (χ4v) is 4.52. The summed E-state index contributed by atoms with van der Waals surface area (Å²) < 4.78 is 10.7. The summed E-state index contributed by atoms with van der Waals surface area (Å²) in [6.45, 7) is 9.65. The van der Waals surface area contributed by atoms with Crippen molar-refractivity contribution in [1.82, 2.24) is 30.8 Å². The van der Waals surface area contributed by atoms with Crippen molar-refractivity contribution in [2.75, 3.05) is 44.3 Å². The molecule has 0 unspecified atom stereocenters. The van der Waals surface area contributed by atoms with Crippen LogP contribution in [0.5, 0.6) is 0 Å². The van der Waals surface area contributed by atoms with E-state index >= 15 is 0 Å². The van der Waals surface area contributed by atoms with Crippen LogP contribution < -0.4 is 15.5 Å². The normalized spacial score (nSPS) is 14.1. The van der Waals surface area contributed by atoms with Gasteiger partial charge in [-0.25, -0.2) is 9.78 Å². The zero-order chi connectivity index (χ0) is 27.4. The molecule has 1 fully saturated rings. The SMILES string of the molecule is CC(C)(C)OC(=O)NCCCCNC(=O)c1ccc2[nH]nc(-c3nc4ccc(N5CCOCC5)cc4[nH]3)c2c1. The summed E-state index contributed by atoms with van der Waals surface area (Å²) in [5.41, 5.74) is 4.43. The molecule has 1 saturated heterocycles. The van der Waals surface area contributed by atoms with Crippen molar-refractivity contribution in [3.05, 3.63) is 42.0 Å². The molecule has 2 aromatic carbocycles. The number of ether oxygens (including phenoxy) is 2. The van der Waals surface area contributed by atoms with Crippen LogP contribution in [0.3, 0.4) is 0 Å². The van der Waals surface area contributed by atoms with Crippen molar-refractivity contribution in [2.24, 2.45) is 0 Å². The topological polar surface area (TPSA) is 137 Å². The molecule has 0 aliphatic carbocycles. The second-order valence-electron chi connectivity index (χ2n) is 10.6. The molecule has 206 valence electrons. The molecule has 11 nitrogen and oxygen atoms in total. The zero-order valence-electron chi connectivity index (χ0n) is 22.6. The molecule has 1 aliphatic heterocycles. The fraction of sp³-hybridized carbons (Fsp3) is 0.429. The quantitative estimate of drug-likeness (QED) is 0.252. The molecule has 39 heavy (non-hydrogen) atoms. The number of aromatic nitrogens is 4. The highest BCUT2D eigenvalue weighted by Gasteiger charge is 2.18. The number of morpholine rings is 1. The molecular formula is C28H35N7O4. The van der Waals surface area contributed by atoms with Crippen LogP contribution in [0.2, 0.25) is 0 Å². The number of benzene rings is 2. The Morgan fingerprint density at radius 1 is 1.03 bits per heavy atom. The Balaban J connectivity index is 1.21. The number of H-pyrrole nitrogens is 2. The van der Waals surface area contributed by atoms with Crippen LogP contribution in [0.15, 0.2) is 36.4 Å². The molecule has 2 amide bonds. The van der Waals surface area contributed by atoms with Crippen LogP contribution in [0, 0.1) is 0 Å². The Hall–Kier alpha value is -4.12. The number of anilines is 1. The number of hydrogen-bond donors (Lipinski definition) is 4. The summed E-state index contributed by atoms with van der Waals surface area (Å²) in [6, 6.07) is 11.7. The van der Waals surface area contributed by atoms with E-state index in [1.807, 2.05) is 39.0 Å². The van der Waals surface area contributed by atoms with Gasteiger partial charge in [-0.1, -0.05) is 0 Å². The Morgan fingerprint density at radius 3 is 2.56 bits per heavy atom. The predicted molar refractivity (Wildman–Crippen MR) is 150 cm³/mol. The van der Waals surface area contributed by atoms with Crippen molar-refractivity contribution < 1.29 is 19.1 Å². The van der Waals surface area contributed by atoms with Crippen LogP contribution in [-0.2, 0) is 9.47 Å². The smallest absolute Gasteiger partial charge is 0.407 e. The number of carbonyl (C=O) groups excluding carboxylic acids is 2. The van der Waals surface area contributed by atoms with E-state index in [1.165, 1.54) is 0 Å². The van der Waals surface area contributed by atoms with Crippen LogP contribution in [0.25, 0.3) is 33.5 Å². The van der Waals surface area contributed by atoms with Gasteiger partial charge in [0.05, 0.1) is 29.8 Å². The van der Waals surface area contributed by atoms with Gasteiger partial charge in [0.25, 0.3) is 5.91 Å². The highest BCUT2D eigenvalue weighted by atomic mass is 16.6. The van der Waals surface area contributed by atoms with Gasteiger partial charge in [0.1, 0.15) is 11.3 Å². The summed E-state index contributed by atoms with van der Waals surface area (Å²) in [5.74, 6) is 0.481. The number of alkyl carbamates (subject to hydrolysis) is 1. The third kappa shape index (κ3) is 6.48. The zero-order valence-corrected chi connectivity index (χ0v) is 22.6. The van der Waals surface area contributed by atoms with Crippen LogP contribution >= 0.6 is 0 Å². The van der Waals surface area contributed by atoms with Gasteiger partial charge in [0, 0.05) is 42.8 Å². The Morgan fingerprint density at radius 2 is 1.79 bits per heavy atom. The summed E-state index contributed by atoms with van der Waals surface area (Å²) in [6.07, 6.45) is 1.02. The maximum Gasteiger partial charge on any atom is 0.407 e.